The van der Waals surface area contributed by atoms with Crippen LogP contribution in [-0.2, 0) is 52.5 Å². The number of unbranched alkanes of at least 4 members (excludes halogenated alkanes) is 9. The number of carbonyl (C=O) groups is 8. The third-order valence-corrected chi connectivity index (χ3v) is 11.4. The number of aliphatic hydroxyl groups excluding tert-OH is 1. The first-order valence-corrected chi connectivity index (χ1v) is 25.2. The molecule has 0 bridgehead atoms. The third kappa shape index (κ3) is 35.4. The quantitative estimate of drug-likeness (QED) is 0.0450. The number of carboxylic acids is 2. The van der Waals surface area contributed by atoms with Crippen molar-refractivity contribution in [3.63, 3.8) is 0 Å². The number of ketones is 4. The van der Waals surface area contributed by atoms with Crippen LogP contribution in [0.25, 0.3) is 0 Å². The number of nitrogens with two attached hydrogens (primary N) is 1. The summed E-state index contributed by atoms with van der Waals surface area (Å²) in [6.07, 6.45) is 13.4. The molecule has 7 N–H and O–H groups in total. The van der Waals surface area contributed by atoms with E-state index in [4.69, 9.17) is 39.6 Å². The maximum absolute atomic E-state index is 12.4. The molecule has 0 saturated carbocycles. The highest BCUT2D eigenvalue weighted by Gasteiger charge is 2.21. The second-order valence-electron chi connectivity index (χ2n) is 17.6. The van der Waals surface area contributed by atoms with E-state index in [0.29, 0.717) is 96.5 Å². The number of carboxylic acid groups (broad SMARTS) is 2. The second-order valence-corrected chi connectivity index (χ2v) is 17.6. The number of hydrogen-bond acceptors (Lipinski definition) is 15. The van der Waals surface area contributed by atoms with Gasteiger partial charge in [0.05, 0.1) is 44.6 Å². The van der Waals surface area contributed by atoms with Gasteiger partial charge in [-0.25, -0.2) is 9.59 Å². The van der Waals surface area contributed by atoms with E-state index in [1.165, 1.54) is 12.1 Å². The molecule has 0 spiro atoms. The number of aromatic carboxylic acids is 1. The first kappa shape index (κ1) is 63.4. The monoisotopic (exact) mass is 994 g/mol. The molecule has 3 atom stereocenters. The van der Waals surface area contributed by atoms with Crippen molar-refractivity contribution in [3.05, 3.63) is 29.8 Å². The fourth-order valence-electron chi connectivity index (χ4n) is 7.07. The van der Waals surface area contributed by atoms with Gasteiger partial charge in [0, 0.05) is 57.8 Å². The van der Waals surface area contributed by atoms with Gasteiger partial charge in [0.1, 0.15) is 43.2 Å². The summed E-state index contributed by atoms with van der Waals surface area (Å²) in [6, 6.07) is 4.58. The minimum Gasteiger partial charge on any atom is -0.494 e. The fourth-order valence-corrected chi connectivity index (χ4v) is 7.07. The van der Waals surface area contributed by atoms with E-state index < -0.39 is 30.6 Å². The van der Waals surface area contributed by atoms with Gasteiger partial charge in [0.2, 0.25) is 11.8 Å². The zero-order valence-electron chi connectivity index (χ0n) is 41.6. The highest BCUT2D eigenvalue weighted by atomic mass is 16.5. The Hall–Kier alpha value is -4.66. The molecule has 1 aromatic carbocycles. The molecule has 0 aliphatic heterocycles. The first-order chi connectivity index (χ1) is 33.7. The van der Waals surface area contributed by atoms with Crippen molar-refractivity contribution in [2.45, 2.75) is 160 Å². The lowest BCUT2D eigenvalue weighted by Gasteiger charge is -2.14. The fraction of sp³-hybridized carbons (Fsp3) is 0.725. The van der Waals surface area contributed by atoms with Crippen LogP contribution in [0.15, 0.2) is 24.3 Å². The lowest BCUT2D eigenvalue weighted by Crippen LogP contribution is -2.41. The molecule has 1 rings (SSSR count). The summed E-state index contributed by atoms with van der Waals surface area (Å²) in [7, 11) is 0. The third-order valence-electron chi connectivity index (χ3n) is 11.4. The van der Waals surface area contributed by atoms with Crippen LogP contribution in [0.2, 0.25) is 0 Å². The van der Waals surface area contributed by atoms with Crippen molar-refractivity contribution >= 4 is 46.9 Å². The van der Waals surface area contributed by atoms with E-state index in [-0.39, 0.29) is 105 Å². The van der Waals surface area contributed by atoms with Crippen molar-refractivity contribution < 1.29 is 77.4 Å². The number of Topliss-reactive ketones (excluding diaryl/α,β-unsaturated/α-hetero) is 4. The van der Waals surface area contributed by atoms with Crippen LogP contribution in [0.5, 0.6) is 5.75 Å². The molecule has 0 aliphatic carbocycles. The molecule has 19 nitrogen and oxygen atoms in total. The van der Waals surface area contributed by atoms with Gasteiger partial charge < -0.3 is 55.4 Å². The Morgan fingerprint density at radius 3 is 1.77 bits per heavy atom. The zero-order chi connectivity index (χ0) is 51.6. The van der Waals surface area contributed by atoms with E-state index in [1.54, 1.807) is 19.1 Å². The molecule has 0 unspecified atom stereocenters. The van der Waals surface area contributed by atoms with Gasteiger partial charge in [0.25, 0.3) is 0 Å². The molecule has 0 aliphatic rings. The van der Waals surface area contributed by atoms with Crippen molar-refractivity contribution in [2.24, 2.45) is 11.7 Å². The summed E-state index contributed by atoms with van der Waals surface area (Å²) in [4.78, 5) is 95.1. The Labute approximate surface area is 414 Å². The number of carbonyl (C=O) groups excluding carboxylic acids is 6. The van der Waals surface area contributed by atoms with Crippen LogP contribution in [0.1, 0.15) is 159 Å². The van der Waals surface area contributed by atoms with Gasteiger partial charge >= 0.3 is 11.9 Å². The lowest BCUT2D eigenvalue weighted by molar-refractivity contribution is -0.142. The predicted octanol–water partition coefficient (Wildman–Crippen LogP) is 5.33. The SMILES string of the molecule is C[C@@H](CCCCCC(=O)COCCOCCCC(=O)[C@@H](N)CCCCNC(=O)COCCOCCCC(=O)CC[C@H](NC(=O)CCCCCCCCCOc1ccc(C(=O)O)cc1)C(=O)O)C(=O)CO. The molecular weight excluding hydrogens is 911 g/mol. The zero-order valence-corrected chi connectivity index (χ0v) is 41.6. The van der Waals surface area contributed by atoms with E-state index in [2.05, 4.69) is 10.6 Å². The molecular formula is C51H83N3O16. The minimum atomic E-state index is -1.18. The number of nitrogens with one attached hydrogen (secondary N) is 2. The average Bonchev–Trinajstić information content (AvgIpc) is 3.34. The predicted molar refractivity (Wildman–Crippen MR) is 261 cm³/mol. The van der Waals surface area contributed by atoms with E-state index in [0.717, 1.165) is 57.8 Å². The minimum absolute atomic E-state index is 0.00758. The van der Waals surface area contributed by atoms with Gasteiger partial charge in [0.15, 0.2) is 11.6 Å². The molecule has 0 radical (unpaired) electrons. The molecule has 0 fully saturated rings. The molecule has 0 heterocycles. The van der Waals surface area contributed by atoms with Gasteiger partial charge in [-0.15, -0.1) is 0 Å². The van der Waals surface area contributed by atoms with Gasteiger partial charge in [-0.2, -0.15) is 0 Å². The summed E-state index contributed by atoms with van der Waals surface area (Å²) in [5.41, 5.74) is 6.26. The smallest absolute Gasteiger partial charge is 0.335 e. The number of benzene rings is 1. The topological polar surface area (TPSA) is 293 Å². The summed E-state index contributed by atoms with van der Waals surface area (Å²) >= 11 is 0. The Morgan fingerprint density at radius 2 is 1.11 bits per heavy atom. The Kier molecular flexibility index (Phi) is 38.1. The molecule has 398 valence electrons. The standard InChI is InChI=1S/C51H83N3O16/c1-39(47(59)36-55)16-8-7-9-17-42(57)37-68-34-32-67-30-15-20-46(58)44(52)19-11-12-28-53-49(61)38-69-35-33-66-29-14-18-41(56)24-27-45(51(64)65)54-48(60)21-10-5-3-2-4-6-13-31-70-43-25-22-40(23-26-43)50(62)63/h22-23,25-26,39,44-45,55H,2-21,24,27-38,52H2,1H3,(H,53,61)(H,54,60)(H,62,63)(H,64,65)/t39-,44-,45-/m0/s1. The van der Waals surface area contributed by atoms with Crippen molar-refractivity contribution in [3.8, 4) is 5.75 Å². The molecule has 0 saturated heterocycles. The van der Waals surface area contributed by atoms with Crippen LogP contribution in [-0.4, -0.2) is 147 Å². The molecule has 1 aromatic rings. The Bertz CT molecular complexity index is 1640. The average molecular weight is 994 g/mol. The number of aliphatic hydroxyl groups is 1. The Balaban J connectivity index is 1.94. The van der Waals surface area contributed by atoms with Crippen LogP contribution >= 0.6 is 0 Å². The molecule has 2 amide bonds. The number of amides is 2. The van der Waals surface area contributed by atoms with E-state index in [9.17, 15) is 43.5 Å². The number of aliphatic carboxylic acids is 1. The maximum Gasteiger partial charge on any atom is 0.335 e. The highest BCUT2D eigenvalue weighted by molar-refractivity contribution is 5.88. The maximum atomic E-state index is 12.4. The first-order valence-electron chi connectivity index (χ1n) is 25.2. The molecule has 0 aromatic heterocycles. The highest BCUT2D eigenvalue weighted by Crippen LogP contribution is 2.15. The largest absolute Gasteiger partial charge is 0.494 e. The van der Waals surface area contributed by atoms with E-state index in [1.807, 2.05) is 0 Å². The normalized spacial score (nSPS) is 12.4. The molecule has 70 heavy (non-hydrogen) atoms. The summed E-state index contributed by atoms with van der Waals surface area (Å²) in [5.74, 6) is -2.63. The van der Waals surface area contributed by atoms with Crippen molar-refractivity contribution in [1.29, 1.82) is 0 Å². The van der Waals surface area contributed by atoms with Crippen molar-refractivity contribution in [2.75, 3.05) is 72.6 Å². The second kappa shape index (κ2) is 42.1. The van der Waals surface area contributed by atoms with Crippen LogP contribution < -0.4 is 21.1 Å². The number of hydrogen-bond donors (Lipinski definition) is 6. The lowest BCUT2D eigenvalue weighted by atomic mass is 9.98. The summed E-state index contributed by atoms with van der Waals surface area (Å²) in [6.45, 7) is 3.90. The van der Waals surface area contributed by atoms with Crippen LogP contribution in [0, 0.1) is 5.92 Å². The van der Waals surface area contributed by atoms with Crippen LogP contribution in [0.4, 0.5) is 0 Å². The molecule has 19 heteroatoms. The number of ether oxygens (including phenoxy) is 5. The Morgan fingerprint density at radius 1 is 0.543 bits per heavy atom. The van der Waals surface area contributed by atoms with Gasteiger partial charge in [-0.1, -0.05) is 51.9 Å². The van der Waals surface area contributed by atoms with Gasteiger partial charge in [-0.3, -0.25) is 28.8 Å². The number of rotatable bonds is 49. The summed E-state index contributed by atoms with van der Waals surface area (Å²) in [5, 5.41) is 32.7. The van der Waals surface area contributed by atoms with Crippen molar-refractivity contribution in [1.82, 2.24) is 10.6 Å². The van der Waals surface area contributed by atoms with E-state index >= 15 is 0 Å². The van der Waals surface area contributed by atoms with Gasteiger partial charge in [-0.05, 0) is 88.5 Å². The summed E-state index contributed by atoms with van der Waals surface area (Å²) < 4.78 is 27.3. The van der Waals surface area contributed by atoms with Crippen LogP contribution in [0.3, 0.4) is 0 Å².